The first-order valence-corrected chi connectivity index (χ1v) is 9.17. The first-order chi connectivity index (χ1) is 12.0. The molecule has 0 radical (unpaired) electrons. The van der Waals surface area contributed by atoms with Gasteiger partial charge in [-0.3, -0.25) is 4.99 Å². The van der Waals surface area contributed by atoms with Crippen LogP contribution in [0.5, 0.6) is 0 Å². The number of para-hydroxylation sites is 1. The van der Waals surface area contributed by atoms with Crippen LogP contribution in [-0.4, -0.2) is 56.1 Å². The van der Waals surface area contributed by atoms with Gasteiger partial charge in [0.1, 0.15) is 0 Å². The summed E-state index contributed by atoms with van der Waals surface area (Å²) in [4.78, 5) is 9.96. The second kappa shape index (κ2) is 11.4. The zero-order valence-corrected chi connectivity index (χ0v) is 19.0. The summed E-state index contributed by atoms with van der Waals surface area (Å²) in [5, 5.41) is 8.19. The third-order valence-corrected chi connectivity index (χ3v) is 4.56. The average molecular weight is 471 g/mol. The van der Waals surface area contributed by atoms with Gasteiger partial charge in [-0.05, 0) is 44.5 Å². The topological polar surface area (TPSA) is 55.5 Å². The van der Waals surface area contributed by atoms with Gasteiger partial charge in [-0.2, -0.15) is 0 Å². The number of nitrogens with one attached hydrogen (secondary N) is 3. The van der Waals surface area contributed by atoms with Crippen molar-refractivity contribution in [3.05, 3.63) is 36.0 Å². The number of fused-ring (bicyclic) bond motifs is 1. The van der Waals surface area contributed by atoms with E-state index in [0.29, 0.717) is 12.0 Å². The van der Waals surface area contributed by atoms with Crippen LogP contribution in [0.4, 0.5) is 0 Å². The van der Waals surface area contributed by atoms with Crippen LogP contribution >= 0.6 is 24.0 Å². The van der Waals surface area contributed by atoms with Gasteiger partial charge < -0.3 is 20.5 Å². The van der Waals surface area contributed by atoms with Gasteiger partial charge in [0.05, 0.1) is 0 Å². The maximum atomic E-state index is 4.35. The maximum Gasteiger partial charge on any atom is 0.191 e. The lowest BCUT2D eigenvalue weighted by atomic mass is 10.0. The van der Waals surface area contributed by atoms with Gasteiger partial charge in [-0.15, -0.1) is 24.0 Å². The van der Waals surface area contributed by atoms with Crippen LogP contribution in [-0.2, 0) is 6.42 Å². The summed E-state index contributed by atoms with van der Waals surface area (Å²) in [6.07, 6.45) is 4.24. The highest BCUT2D eigenvalue weighted by molar-refractivity contribution is 14.0. The van der Waals surface area contributed by atoms with Crippen molar-refractivity contribution >= 4 is 40.8 Å². The van der Waals surface area contributed by atoms with E-state index in [1.54, 1.807) is 0 Å². The molecule has 0 fully saturated rings. The maximum absolute atomic E-state index is 4.35. The second-order valence-electron chi connectivity index (χ2n) is 7.24. The van der Waals surface area contributed by atoms with Crippen molar-refractivity contribution in [1.82, 2.24) is 20.5 Å². The van der Waals surface area contributed by atoms with Crippen molar-refractivity contribution in [3.63, 3.8) is 0 Å². The quantitative estimate of drug-likeness (QED) is 0.314. The van der Waals surface area contributed by atoms with Gasteiger partial charge in [-0.1, -0.05) is 32.0 Å². The molecule has 6 heteroatoms. The smallest absolute Gasteiger partial charge is 0.191 e. The predicted molar refractivity (Wildman–Crippen MR) is 124 cm³/mol. The lowest BCUT2D eigenvalue weighted by molar-refractivity contribution is 0.254. The number of benzene rings is 1. The number of aromatic amines is 1. The number of aromatic nitrogens is 1. The Balaban J connectivity index is 0.00000338. The van der Waals surface area contributed by atoms with Crippen LogP contribution in [0.15, 0.2) is 35.5 Å². The van der Waals surface area contributed by atoms with Crippen molar-refractivity contribution in [2.24, 2.45) is 10.9 Å². The lowest BCUT2D eigenvalue weighted by Crippen LogP contribution is -2.45. The van der Waals surface area contributed by atoms with E-state index in [1.165, 1.54) is 22.9 Å². The standard InChI is InChI=1S/C20H33N5.HI/c1-15(2)12-17(25(4)5)14-24-20(21-3)22-11-10-16-13-23-19-9-7-6-8-18(16)19;/h6-9,13,15,17,23H,10-12,14H2,1-5H3,(H2,21,22,24);1H. The first-order valence-electron chi connectivity index (χ1n) is 9.17. The first kappa shape index (κ1) is 22.8. The van der Waals surface area contributed by atoms with Crippen LogP contribution in [0.3, 0.4) is 0 Å². The molecule has 0 aliphatic rings. The van der Waals surface area contributed by atoms with Gasteiger partial charge in [-0.25, -0.2) is 0 Å². The number of guanidine groups is 1. The minimum Gasteiger partial charge on any atom is -0.361 e. The molecule has 0 spiro atoms. The van der Waals surface area contributed by atoms with Crippen molar-refractivity contribution in [1.29, 1.82) is 0 Å². The van der Waals surface area contributed by atoms with E-state index in [9.17, 15) is 0 Å². The molecule has 0 saturated carbocycles. The second-order valence-corrected chi connectivity index (χ2v) is 7.24. The van der Waals surface area contributed by atoms with E-state index in [-0.39, 0.29) is 24.0 Å². The monoisotopic (exact) mass is 471 g/mol. The number of halogens is 1. The molecule has 146 valence electrons. The third kappa shape index (κ3) is 6.79. The SMILES string of the molecule is CN=C(NCCc1c[nH]c2ccccc12)NCC(CC(C)C)N(C)C.I. The molecule has 5 nitrogen and oxygen atoms in total. The minimum absolute atomic E-state index is 0. The number of aliphatic imine (C=N–C) groups is 1. The zero-order chi connectivity index (χ0) is 18.2. The van der Waals surface area contributed by atoms with Crippen molar-refractivity contribution < 1.29 is 0 Å². The molecule has 26 heavy (non-hydrogen) atoms. The lowest BCUT2D eigenvalue weighted by Gasteiger charge is -2.27. The number of H-pyrrole nitrogens is 1. The minimum atomic E-state index is 0. The van der Waals surface area contributed by atoms with Crippen LogP contribution in [0.2, 0.25) is 0 Å². The molecule has 1 aromatic carbocycles. The number of rotatable bonds is 8. The van der Waals surface area contributed by atoms with Crippen LogP contribution in [0.25, 0.3) is 10.9 Å². The fraction of sp³-hybridized carbons (Fsp3) is 0.550. The molecule has 2 rings (SSSR count). The molecule has 1 unspecified atom stereocenters. The summed E-state index contributed by atoms with van der Waals surface area (Å²) >= 11 is 0. The highest BCUT2D eigenvalue weighted by Gasteiger charge is 2.13. The van der Waals surface area contributed by atoms with Gasteiger partial charge in [0, 0.05) is 43.3 Å². The molecule has 0 aliphatic carbocycles. The van der Waals surface area contributed by atoms with E-state index in [0.717, 1.165) is 25.5 Å². The highest BCUT2D eigenvalue weighted by atomic mass is 127. The van der Waals surface area contributed by atoms with Gasteiger partial charge >= 0.3 is 0 Å². The molecule has 2 aromatic rings. The summed E-state index contributed by atoms with van der Waals surface area (Å²) in [6.45, 7) is 6.30. The summed E-state index contributed by atoms with van der Waals surface area (Å²) < 4.78 is 0. The van der Waals surface area contributed by atoms with Crippen LogP contribution in [0.1, 0.15) is 25.8 Å². The molecule has 0 saturated heterocycles. The zero-order valence-electron chi connectivity index (χ0n) is 16.7. The summed E-state index contributed by atoms with van der Waals surface area (Å²) in [5.74, 6) is 1.56. The Labute approximate surface area is 175 Å². The predicted octanol–water partition coefficient (Wildman–Crippen LogP) is 3.47. The van der Waals surface area contributed by atoms with Crippen LogP contribution < -0.4 is 10.6 Å². The van der Waals surface area contributed by atoms with E-state index < -0.39 is 0 Å². The molecule has 0 bridgehead atoms. The molecule has 0 aliphatic heterocycles. The number of likely N-dealkylation sites (N-methyl/N-ethyl adjacent to an activating group) is 1. The highest BCUT2D eigenvalue weighted by Crippen LogP contribution is 2.17. The molecular weight excluding hydrogens is 437 g/mol. The molecule has 1 atom stereocenters. The Morgan fingerprint density at radius 3 is 2.58 bits per heavy atom. The van der Waals surface area contributed by atoms with E-state index in [2.05, 4.69) is 83.9 Å². The molecule has 3 N–H and O–H groups in total. The largest absolute Gasteiger partial charge is 0.361 e. The molecule has 1 heterocycles. The summed E-state index contributed by atoms with van der Waals surface area (Å²) in [6, 6.07) is 8.94. The number of hydrogen-bond donors (Lipinski definition) is 3. The summed E-state index contributed by atoms with van der Waals surface area (Å²) in [7, 11) is 6.11. The fourth-order valence-electron chi connectivity index (χ4n) is 3.11. The number of hydrogen-bond acceptors (Lipinski definition) is 2. The molecule has 1 aromatic heterocycles. The van der Waals surface area contributed by atoms with Crippen LogP contribution in [0, 0.1) is 5.92 Å². The van der Waals surface area contributed by atoms with E-state index in [4.69, 9.17) is 0 Å². The third-order valence-electron chi connectivity index (χ3n) is 4.56. The Kier molecular flexibility index (Phi) is 10.0. The molecular formula is C20H34IN5. The Hall–Kier alpha value is -1.28. The Morgan fingerprint density at radius 2 is 1.92 bits per heavy atom. The Morgan fingerprint density at radius 1 is 1.19 bits per heavy atom. The Bertz CT molecular complexity index is 678. The van der Waals surface area contributed by atoms with Crippen molar-refractivity contribution in [2.45, 2.75) is 32.7 Å². The van der Waals surface area contributed by atoms with Gasteiger partial charge in [0.25, 0.3) is 0 Å². The summed E-state index contributed by atoms with van der Waals surface area (Å²) in [5.41, 5.74) is 2.53. The number of nitrogens with zero attached hydrogens (tertiary/aromatic N) is 2. The van der Waals surface area contributed by atoms with Crippen molar-refractivity contribution in [3.8, 4) is 0 Å². The van der Waals surface area contributed by atoms with Gasteiger partial charge in [0.15, 0.2) is 5.96 Å². The molecule has 0 amide bonds. The van der Waals surface area contributed by atoms with Crippen molar-refractivity contribution in [2.75, 3.05) is 34.2 Å². The van der Waals surface area contributed by atoms with Gasteiger partial charge in [0.2, 0.25) is 0 Å². The van der Waals surface area contributed by atoms with E-state index >= 15 is 0 Å². The normalized spacial score (nSPS) is 13.1. The fourth-order valence-corrected chi connectivity index (χ4v) is 3.11. The van der Waals surface area contributed by atoms with E-state index in [1.807, 2.05) is 7.05 Å². The average Bonchev–Trinajstić information content (AvgIpc) is 2.99.